The monoisotopic (exact) mass is 276 g/mol. The Kier molecular flexibility index (Phi) is 3.10. The molecule has 1 atom stereocenters. The molecule has 1 aromatic carbocycles. The minimum absolute atomic E-state index is 0.0671. The van der Waals surface area contributed by atoms with Crippen molar-refractivity contribution in [3.63, 3.8) is 0 Å². The number of amides is 2. The third-order valence-electron chi connectivity index (χ3n) is 3.41. The van der Waals surface area contributed by atoms with Crippen LogP contribution in [-0.4, -0.2) is 30.6 Å². The molecule has 3 rings (SSSR count). The summed E-state index contributed by atoms with van der Waals surface area (Å²) in [6, 6.07) is 6.06. The average molecular weight is 276 g/mol. The summed E-state index contributed by atoms with van der Waals surface area (Å²) in [5, 5.41) is 6.99. The summed E-state index contributed by atoms with van der Waals surface area (Å²) >= 11 is 1.84. The fourth-order valence-corrected chi connectivity index (χ4v) is 3.34. The number of hydrogen-bond donors (Lipinski definition) is 2. The highest BCUT2D eigenvalue weighted by Gasteiger charge is 2.22. The lowest BCUT2D eigenvalue weighted by atomic mass is 9.99. The van der Waals surface area contributed by atoms with Gasteiger partial charge in [-0.2, -0.15) is 5.10 Å². The molecular formula is C13H16N4OS. The van der Waals surface area contributed by atoms with E-state index in [0.717, 1.165) is 23.4 Å². The molecule has 2 aliphatic rings. The minimum atomic E-state index is -0.245. The highest BCUT2D eigenvalue weighted by Crippen LogP contribution is 2.32. The summed E-state index contributed by atoms with van der Waals surface area (Å²) in [7, 11) is 2.09. The molecule has 2 N–H and O–H groups in total. The van der Waals surface area contributed by atoms with Crippen LogP contribution in [0.3, 0.4) is 0 Å². The number of rotatable bonds is 1. The van der Waals surface area contributed by atoms with Crippen LogP contribution in [-0.2, 0) is 6.42 Å². The largest absolute Gasteiger partial charge is 0.335 e. The zero-order valence-electron chi connectivity index (χ0n) is 10.9. The first-order valence-corrected chi connectivity index (χ1v) is 7.23. The lowest BCUT2D eigenvalue weighted by Gasteiger charge is -2.27. The third kappa shape index (κ3) is 2.28. The lowest BCUT2D eigenvalue weighted by molar-refractivity contribution is 0.239. The smallest absolute Gasteiger partial charge is 0.328 e. The molecule has 2 heterocycles. The van der Waals surface area contributed by atoms with Gasteiger partial charge in [-0.3, -0.25) is 0 Å². The van der Waals surface area contributed by atoms with Crippen LogP contribution in [0.1, 0.15) is 18.1 Å². The summed E-state index contributed by atoms with van der Waals surface area (Å²) in [6.45, 7) is 1.94. The molecule has 0 fully saturated rings. The van der Waals surface area contributed by atoms with Crippen molar-refractivity contribution in [3.8, 4) is 0 Å². The van der Waals surface area contributed by atoms with Crippen LogP contribution in [0.25, 0.3) is 0 Å². The molecule has 2 amide bonds. The van der Waals surface area contributed by atoms with Gasteiger partial charge in [0.15, 0.2) is 0 Å². The van der Waals surface area contributed by atoms with Gasteiger partial charge in [-0.1, -0.05) is 6.07 Å². The van der Waals surface area contributed by atoms with Gasteiger partial charge < -0.3 is 9.62 Å². The van der Waals surface area contributed by atoms with Crippen LogP contribution in [0, 0.1) is 0 Å². The van der Waals surface area contributed by atoms with Crippen LogP contribution < -0.4 is 15.0 Å². The van der Waals surface area contributed by atoms with E-state index in [4.69, 9.17) is 0 Å². The summed E-state index contributed by atoms with van der Waals surface area (Å²) in [5.74, 6) is 1.10. The van der Waals surface area contributed by atoms with Gasteiger partial charge in [0.2, 0.25) is 0 Å². The maximum absolute atomic E-state index is 11.2. The molecule has 19 heavy (non-hydrogen) atoms. The van der Waals surface area contributed by atoms with Gasteiger partial charge in [0.05, 0.1) is 11.8 Å². The van der Waals surface area contributed by atoms with E-state index in [1.54, 1.807) is 0 Å². The van der Waals surface area contributed by atoms with E-state index in [9.17, 15) is 4.79 Å². The molecule has 0 saturated carbocycles. The summed E-state index contributed by atoms with van der Waals surface area (Å²) < 4.78 is 2.20. The van der Waals surface area contributed by atoms with Crippen LogP contribution >= 0.6 is 11.9 Å². The Balaban J connectivity index is 1.96. The molecule has 0 bridgehead atoms. The second-order valence-corrected chi connectivity index (χ2v) is 5.94. The number of hydrogen-bond acceptors (Lipinski definition) is 4. The van der Waals surface area contributed by atoms with E-state index in [1.165, 1.54) is 11.3 Å². The van der Waals surface area contributed by atoms with Crippen LogP contribution in [0.5, 0.6) is 0 Å². The Hall–Kier alpha value is -1.69. The second kappa shape index (κ2) is 4.77. The Morgan fingerprint density at radius 3 is 3.11 bits per heavy atom. The standard InChI is InChI=1S/C13H16N4OS/c1-8-12(15-16-13(18)14-8)10-3-4-11-9(7-10)5-6-19-17(11)2/h3-4,7-8H,5-6H2,1-2H3,(H2,14,16,18). The van der Waals surface area contributed by atoms with Crippen molar-refractivity contribution in [2.75, 3.05) is 17.1 Å². The number of nitrogens with zero attached hydrogens (tertiary/aromatic N) is 2. The van der Waals surface area contributed by atoms with Crippen LogP contribution in [0.2, 0.25) is 0 Å². The van der Waals surface area contributed by atoms with Crippen molar-refractivity contribution in [2.45, 2.75) is 19.4 Å². The molecule has 1 unspecified atom stereocenters. The SMILES string of the molecule is CC1NC(=O)NN=C1c1ccc2c(c1)CCSN2C. The fourth-order valence-electron chi connectivity index (χ4n) is 2.43. The van der Waals surface area contributed by atoms with Gasteiger partial charge in [-0.15, -0.1) is 0 Å². The van der Waals surface area contributed by atoms with Crippen molar-refractivity contribution < 1.29 is 4.79 Å². The fraction of sp³-hybridized carbons (Fsp3) is 0.385. The molecule has 0 spiro atoms. The van der Waals surface area contributed by atoms with E-state index in [2.05, 4.69) is 45.4 Å². The Labute approximate surface area is 116 Å². The molecule has 0 aliphatic carbocycles. The molecule has 0 aromatic heterocycles. The number of hydrazone groups is 1. The lowest BCUT2D eigenvalue weighted by Crippen LogP contribution is -2.48. The maximum atomic E-state index is 11.2. The Morgan fingerprint density at radius 1 is 1.47 bits per heavy atom. The number of carbonyl (C=O) groups is 1. The quantitative estimate of drug-likeness (QED) is 0.768. The summed E-state index contributed by atoms with van der Waals surface area (Å²) in [4.78, 5) is 11.2. The number of carbonyl (C=O) groups excluding carboxylic acids is 1. The first-order chi connectivity index (χ1) is 9.15. The normalized spacial score (nSPS) is 22.2. The zero-order chi connectivity index (χ0) is 13.4. The van der Waals surface area contributed by atoms with E-state index in [-0.39, 0.29) is 12.1 Å². The number of nitrogens with one attached hydrogen (secondary N) is 2. The second-order valence-electron chi connectivity index (χ2n) is 4.73. The van der Waals surface area contributed by atoms with E-state index < -0.39 is 0 Å². The summed E-state index contributed by atoms with van der Waals surface area (Å²) in [5.41, 5.74) is 7.02. The van der Waals surface area contributed by atoms with Gasteiger partial charge in [-0.25, -0.2) is 10.2 Å². The highest BCUT2D eigenvalue weighted by molar-refractivity contribution is 8.00. The van der Waals surface area contributed by atoms with Gasteiger partial charge in [-0.05, 0) is 43.0 Å². The number of urea groups is 1. The topological polar surface area (TPSA) is 56.7 Å². The molecule has 0 saturated heterocycles. The minimum Gasteiger partial charge on any atom is -0.328 e. The van der Waals surface area contributed by atoms with Gasteiger partial charge in [0.1, 0.15) is 0 Å². The predicted molar refractivity (Wildman–Crippen MR) is 78.7 cm³/mol. The molecule has 1 aromatic rings. The van der Waals surface area contributed by atoms with Gasteiger partial charge in [0, 0.05) is 24.1 Å². The van der Waals surface area contributed by atoms with Crippen molar-refractivity contribution in [2.24, 2.45) is 5.10 Å². The summed E-state index contributed by atoms with van der Waals surface area (Å²) in [6.07, 6.45) is 1.07. The van der Waals surface area contributed by atoms with E-state index in [0.29, 0.717) is 0 Å². The average Bonchev–Trinajstić information content (AvgIpc) is 2.38. The van der Waals surface area contributed by atoms with Crippen molar-refractivity contribution in [1.29, 1.82) is 0 Å². The zero-order valence-corrected chi connectivity index (χ0v) is 11.8. The number of aryl methyl sites for hydroxylation is 1. The van der Waals surface area contributed by atoms with Crippen LogP contribution in [0.4, 0.5) is 10.5 Å². The van der Waals surface area contributed by atoms with Crippen LogP contribution in [0.15, 0.2) is 23.3 Å². The Morgan fingerprint density at radius 2 is 2.32 bits per heavy atom. The van der Waals surface area contributed by atoms with E-state index in [1.807, 2.05) is 18.9 Å². The third-order valence-corrected chi connectivity index (χ3v) is 4.38. The van der Waals surface area contributed by atoms with Crippen molar-refractivity contribution in [3.05, 3.63) is 29.3 Å². The molecule has 6 heteroatoms. The molecule has 0 radical (unpaired) electrons. The van der Waals surface area contributed by atoms with Crippen molar-refractivity contribution in [1.82, 2.24) is 10.7 Å². The number of anilines is 1. The van der Waals surface area contributed by atoms with Gasteiger partial charge in [0.25, 0.3) is 0 Å². The number of fused-ring (bicyclic) bond motifs is 1. The first kappa shape index (κ1) is 12.3. The Bertz CT molecular complexity index is 558. The molecule has 2 aliphatic heterocycles. The molecule has 5 nitrogen and oxygen atoms in total. The predicted octanol–water partition coefficient (Wildman–Crippen LogP) is 1.73. The maximum Gasteiger partial charge on any atom is 0.335 e. The van der Waals surface area contributed by atoms with E-state index >= 15 is 0 Å². The first-order valence-electron chi connectivity index (χ1n) is 6.29. The van der Waals surface area contributed by atoms with Crippen molar-refractivity contribution >= 4 is 29.4 Å². The highest BCUT2D eigenvalue weighted by atomic mass is 32.2. The number of benzene rings is 1. The molecular weight excluding hydrogens is 260 g/mol. The molecule has 100 valence electrons. The van der Waals surface area contributed by atoms with Gasteiger partial charge >= 0.3 is 6.03 Å².